The highest BCUT2D eigenvalue weighted by molar-refractivity contribution is 7.80. The molecule has 4 heteroatoms. The van der Waals surface area contributed by atoms with Gasteiger partial charge in [-0.1, -0.05) is 60.7 Å². The van der Waals surface area contributed by atoms with Crippen LogP contribution in [-0.2, 0) is 0 Å². The van der Waals surface area contributed by atoms with E-state index in [0.29, 0.717) is 5.11 Å². The molecule has 0 spiro atoms. The molecular formula is C21H21N3S. The van der Waals surface area contributed by atoms with Crippen molar-refractivity contribution in [3.63, 3.8) is 0 Å². The molecule has 0 aliphatic heterocycles. The number of benzene rings is 2. The fourth-order valence-electron chi connectivity index (χ4n) is 2.72. The third-order valence-electron chi connectivity index (χ3n) is 4.06. The molecule has 1 aromatic heterocycles. The average molecular weight is 347 g/mol. The zero-order valence-corrected chi connectivity index (χ0v) is 15.2. The summed E-state index contributed by atoms with van der Waals surface area (Å²) in [4.78, 5) is 4.35. The van der Waals surface area contributed by atoms with Gasteiger partial charge in [0, 0.05) is 6.20 Å². The predicted octanol–water partition coefficient (Wildman–Crippen LogP) is 4.77. The van der Waals surface area contributed by atoms with Crippen molar-refractivity contribution < 1.29 is 0 Å². The standard InChI is InChI=1S/C21H21N3S/c1-15-12-13-19(22-14-15)23-21(25)24-20(17-9-4-3-5-10-17)18-11-7-6-8-16(18)2/h3-14,20H,1-2H3,(H2,22,23,24,25)/t20-/m1/s1. The maximum absolute atomic E-state index is 5.53. The predicted molar refractivity (Wildman–Crippen MR) is 108 cm³/mol. The third-order valence-corrected chi connectivity index (χ3v) is 4.28. The number of rotatable bonds is 4. The molecule has 2 N–H and O–H groups in total. The largest absolute Gasteiger partial charge is 0.351 e. The Kier molecular flexibility index (Phi) is 5.41. The fraction of sp³-hybridized carbons (Fsp3) is 0.143. The Morgan fingerprint density at radius 3 is 2.32 bits per heavy atom. The molecule has 0 saturated heterocycles. The summed E-state index contributed by atoms with van der Waals surface area (Å²) in [6.45, 7) is 4.13. The minimum absolute atomic E-state index is 0.0205. The summed E-state index contributed by atoms with van der Waals surface area (Å²) >= 11 is 5.53. The number of aryl methyl sites for hydroxylation is 2. The van der Waals surface area contributed by atoms with E-state index >= 15 is 0 Å². The van der Waals surface area contributed by atoms with E-state index in [1.54, 1.807) is 0 Å². The van der Waals surface area contributed by atoms with Crippen LogP contribution in [0.1, 0.15) is 28.3 Å². The van der Waals surface area contributed by atoms with Crippen LogP contribution in [0.2, 0.25) is 0 Å². The Morgan fingerprint density at radius 1 is 0.920 bits per heavy atom. The van der Waals surface area contributed by atoms with Crippen molar-refractivity contribution in [2.75, 3.05) is 5.32 Å². The topological polar surface area (TPSA) is 37.0 Å². The van der Waals surface area contributed by atoms with Crippen LogP contribution in [0.5, 0.6) is 0 Å². The van der Waals surface area contributed by atoms with E-state index in [1.807, 2.05) is 49.5 Å². The van der Waals surface area contributed by atoms with Crippen LogP contribution in [0.25, 0.3) is 0 Å². The van der Waals surface area contributed by atoms with Gasteiger partial charge in [-0.3, -0.25) is 0 Å². The van der Waals surface area contributed by atoms with Crippen molar-refractivity contribution >= 4 is 23.1 Å². The first-order valence-corrected chi connectivity index (χ1v) is 8.65. The smallest absolute Gasteiger partial charge is 0.172 e. The first-order valence-electron chi connectivity index (χ1n) is 8.24. The molecular weight excluding hydrogens is 326 g/mol. The summed E-state index contributed by atoms with van der Waals surface area (Å²) in [5.41, 5.74) is 4.71. The number of aromatic nitrogens is 1. The SMILES string of the molecule is Cc1ccc(NC(=S)N[C@H](c2ccccc2)c2ccccc2C)nc1. The molecule has 0 amide bonds. The van der Waals surface area contributed by atoms with Gasteiger partial charge in [0.2, 0.25) is 0 Å². The lowest BCUT2D eigenvalue weighted by molar-refractivity contribution is 0.762. The molecule has 3 nitrogen and oxygen atoms in total. The van der Waals surface area contributed by atoms with Gasteiger partial charge in [0.15, 0.2) is 5.11 Å². The third kappa shape index (κ3) is 4.43. The molecule has 0 fully saturated rings. The minimum Gasteiger partial charge on any atom is -0.351 e. The lowest BCUT2D eigenvalue weighted by Gasteiger charge is -2.23. The molecule has 0 bridgehead atoms. The molecule has 0 unspecified atom stereocenters. The quantitative estimate of drug-likeness (QED) is 0.666. The average Bonchev–Trinajstić information content (AvgIpc) is 2.63. The van der Waals surface area contributed by atoms with Gasteiger partial charge in [0.1, 0.15) is 5.82 Å². The Bertz CT molecular complexity index is 845. The number of thiocarbonyl (C=S) groups is 1. The van der Waals surface area contributed by atoms with Crippen LogP contribution < -0.4 is 10.6 Å². The fourth-order valence-corrected chi connectivity index (χ4v) is 2.94. The number of hydrogen-bond donors (Lipinski definition) is 2. The van der Waals surface area contributed by atoms with Crippen molar-refractivity contribution in [1.29, 1.82) is 0 Å². The lowest BCUT2D eigenvalue weighted by atomic mass is 9.95. The van der Waals surface area contributed by atoms with Gasteiger partial charge in [0.25, 0.3) is 0 Å². The van der Waals surface area contributed by atoms with Gasteiger partial charge in [-0.05, 0) is 54.4 Å². The summed E-state index contributed by atoms with van der Waals surface area (Å²) < 4.78 is 0. The van der Waals surface area contributed by atoms with E-state index in [1.165, 1.54) is 11.1 Å². The van der Waals surface area contributed by atoms with E-state index in [-0.39, 0.29) is 6.04 Å². The summed E-state index contributed by atoms with van der Waals surface area (Å²) in [7, 11) is 0. The summed E-state index contributed by atoms with van der Waals surface area (Å²) in [6.07, 6.45) is 1.82. The molecule has 126 valence electrons. The number of nitrogens with zero attached hydrogens (tertiary/aromatic N) is 1. The Labute approximate surface area is 154 Å². The van der Waals surface area contributed by atoms with Crippen molar-refractivity contribution in [2.24, 2.45) is 0 Å². The molecule has 0 aliphatic rings. The molecule has 0 saturated carbocycles. The Balaban J connectivity index is 1.84. The van der Waals surface area contributed by atoms with Crippen molar-refractivity contribution in [2.45, 2.75) is 19.9 Å². The maximum Gasteiger partial charge on any atom is 0.172 e. The van der Waals surface area contributed by atoms with E-state index in [9.17, 15) is 0 Å². The van der Waals surface area contributed by atoms with Crippen LogP contribution in [0.4, 0.5) is 5.82 Å². The Morgan fingerprint density at radius 2 is 1.64 bits per heavy atom. The maximum atomic E-state index is 5.53. The molecule has 1 atom stereocenters. The number of anilines is 1. The monoisotopic (exact) mass is 347 g/mol. The second-order valence-corrected chi connectivity index (χ2v) is 6.43. The number of pyridine rings is 1. The highest BCUT2D eigenvalue weighted by Gasteiger charge is 2.17. The number of nitrogens with one attached hydrogen (secondary N) is 2. The molecule has 0 radical (unpaired) electrons. The minimum atomic E-state index is -0.0205. The highest BCUT2D eigenvalue weighted by Crippen LogP contribution is 2.25. The summed E-state index contributed by atoms with van der Waals surface area (Å²) in [5, 5.41) is 7.15. The first kappa shape index (κ1) is 17.1. The normalized spacial score (nSPS) is 11.6. The molecule has 3 rings (SSSR count). The molecule has 2 aromatic carbocycles. The van der Waals surface area contributed by atoms with Gasteiger partial charge in [-0.2, -0.15) is 0 Å². The first-order chi connectivity index (χ1) is 12.1. The van der Waals surface area contributed by atoms with E-state index < -0.39 is 0 Å². The van der Waals surface area contributed by atoms with Crippen LogP contribution in [0, 0.1) is 13.8 Å². The molecule has 0 aliphatic carbocycles. The van der Waals surface area contributed by atoms with Crippen LogP contribution >= 0.6 is 12.2 Å². The highest BCUT2D eigenvalue weighted by atomic mass is 32.1. The van der Waals surface area contributed by atoms with Gasteiger partial charge in [-0.15, -0.1) is 0 Å². The zero-order valence-electron chi connectivity index (χ0n) is 14.4. The summed E-state index contributed by atoms with van der Waals surface area (Å²) in [5.74, 6) is 0.736. The van der Waals surface area contributed by atoms with Crippen molar-refractivity contribution in [3.05, 3.63) is 95.2 Å². The van der Waals surface area contributed by atoms with Crippen LogP contribution in [0.15, 0.2) is 72.9 Å². The van der Waals surface area contributed by atoms with Gasteiger partial charge in [0.05, 0.1) is 6.04 Å². The number of hydrogen-bond acceptors (Lipinski definition) is 2. The van der Waals surface area contributed by atoms with Crippen molar-refractivity contribution in [3.8, 4) is 0 Å². The summed E-state index contributed by atoms with van der Waals surface area (Å²) in [6, 6.07) is 22.6. The molecule has 25 heavy (non-hydrogen) atoms. The van der Waals surface area contributed by atoms with Gasteiger partial charge in [-0.25, -0.2) is 4.98 Å². The van der Waals surface area contributed by atoms with E-state index in [2.05, 4.69) is 52.9 Å². The van der Waals surface area contributed by atoms with Gasteiger partial charge >= 0.3 is 0 Å². The lowest BCUT2D eigenvalue weighted by Crippen LogP contribution is -2.33. The molecule has 3 aromatic rings. The van der Waals surface area contributed by atoms with E-state index in [4.69, 9.17) is 12.2 Å². The van der Waals surface area contributed by atoms with Crippen LogP contribution in [0.3, 0.4) is 0 Å². The van der Waals surface area contributed by atoms with Crippen molar-refractivity contribution in [1.82, 2.24) is 10.3 Å². The van der Waals surface area contributed by atoms with Crippen LogP contribution in [-0.4, -0.2) is 10.1 Å². The second-order valence-electron chi connectivity index (χ2n) is 6.02. The second kappa shape index (κ2) is 7.90. The Hall–Kier alpha value is -2.72. The molecule has 1 heterocycles. The van der Waals surface area contributed by atoms with Gasteiger partial charge < -0.3 is 10.6 Å². The zero-order chi connectivity index (χ0) is 17.6. The van der Waals surface area contributed by atoms with E-state index in [0.717, 1.165) is 16.9 Å².